The quantitative estimate of drug-likeness (QED) is 0.266. The molecule has 3 aromatic carbocycles. The Balaban J connectivity index is 1.47. The van der Waals surface area contributed by atoms with Crippen LogP contribution in [0, 0.1) is 6.92 Å². The Hall–Kier alpha value is -4.52. The Morgan fingerprint density at radius 2 is 1.74 bits per heavy atom. The van der Waals surface area contributed by atoms with Gasteiger partial charge in [0.15, 0.2) is 0 Å². The number of aromatic carboxylic acids is 1. The first-order chi connectivity index (χ1) is 19.0. The van der Waals surface area contributed by atoms with Crippen LogP contribution in [0.4, 0.5) is 0 Å². The molecule has 1 saturated carbocycles. The highest BCUT2D eigenvalue weighted by Crippen LogP contribution is 2.32. The Morgan fingerprint density at radius 3 is 2.54 bits per heavy atom. The molecule has 1 aliphatic rings. The van der Waals surface area contributed by atoms with E-state index in [2.05, 4.69) is 16.7 Å². The first-order valence-corrected chi connectivity index (χ1v) is 13.5. The van der Waals surface area contributed by atoms with E-state index in [1.165, 1.54) is 11.1 Å². The standard InChI is InChI=1S/C32H30N4O3/c1-21-27(25-14-6-8-17-29(25)35(21)20-22-10-9-13-24(18-22)32(38)39)19-33-36-30(23-11-3-2-4-12-23)34-28-16-7-5-15-26(28)31(36)37/h5-10,13-19,23H,2-4,11-12,20H2,1H3,(H,38,39). The van der Waals surface area contributed by atoms with Crippen molar-refractivity contribution in [1.29, 1.82) is 0 Å². The normalized spacial score (nSPS) is 14.5. The summed E-state index contributed by atoms with van der Waals surface area (Å²) in [5, 5.41) is 15.8. The Labute approximate surface area is 226 Å². The largest absolute Gasteiger partial charge is 0.478 e. The highest BCUT2D eigenvalue weighted by Gasteiger charge is 2.22. The van der Waals surface area contributed by atoms with E-state index in [0.717, 1.165) is 59.2 Å². The number of carbonyl (C=O) groups is 1. The minimum Gasteiger partial charge on any atom is -0.478 e. The van der Waals surface area contributed by atoms with Crippen LogP contribution in [0.5, 0.6) is 0 Å². The van der Waals surface area contributed by atoms with Crippen LogP contribution in [0.1, 0.15) is 71.0 Å². The second-order valence-electron chi connectivity index (χ2n) is 10.3. The molecule has 0 radical (unpaired) electrons. The first kappa shape index (κ1) is 24.8. The molecular formula is C32H30N4O3. The van der Waals surface area contributed by atoms with E-state index in [4.69, 9.17) is 10.1 Å². The van der Waals surface area contributed by atoms with Crippen LogP contribution >= 0.6 is 0 Å². The maximum atomic E-state index is 13.7. The van der Waals surface area contributed by atoms with Crippen LogP contribution in [0.25, 0.3) is 21.8 Å². The number of aromatic nitrogens is 3. The molecule has 196 valence electrons. The molecule has 0 atom stereocenters. The molecule has 0 amide bonds. The number of hydrogen-bond acceptors (Lipinski definition) is 4. The minimum atomic E-state index is -0.943. The van der Waals surface area contributed by atoms with Gasteiger partial charge in [-0.15, -0.1) is 0 Å². The molecule has 39 heavy (non-hydrogen) atoms. The average Bonchev–Trinajstić information content (AvgIpc) is 3.23. The molecule has 2 heterocycles. The maximum Gasteiger partial charge on any atom is 0.335 e. The van der Waals surface area contributed by atoms with Crippen molar-refractivity contribution < 1.29 is 9.90 Å². The fraction of sp³-hybridized carbons (Fsp3) is 0.250. The lowest BCUT2D eigenvalue weighted by atomic mass is 9.88. The fourth-order valence-electron chi connectivity index (χ4n) is 5.80. The SMILES string of the molecule is Cc1c(C=Nn2c(C3CCCCC3)nc3ccccc3c2=O)c2ccccc2n1Cc1cccc(C(=O)O)c1. The van der Waals surface area contributed by atoms with Gasteiger partial charge in [0, 0.05) is 34.6 Å². The van der Waals surface area contributed by atoms with Gasteiger partial charge in [-0.3, -0.25) is 4.79 Å². The van der Waals surface area contributed by atoms with Crippen LogP contribution in [-0.4, -0.2) is 31.5 Å². The van der Waals surface area contributed by atoms with Gasteiger partial charge in [0.25, 0.3) is 5.56 Å². The molecule has 0 unspecified atom stereocenters. The van der Waals surface area contributed by atoms with E-state index >= 15 is 0 Å². The van der Waals surface area contributed by atoms with E-state index in [1.807, 2.05) is 49.4 Å². The predicted octanol–water partition coefficient (Wildman–Crippen LogP) is 6.34. The summed E-state index contributed by atoms with van der Waals surface area (Å²) in [5.41, 5.74) is 4.67. The molecule has 1 N–H and O–H groups in total. The number of nitrogens with zero attached hydrogens (tertiary/aromatic N) is 4. The molecule has 6 rings (SSSR count). The molecule has 0 spiro atoms. The number of rotatable bonds is 6. The lowest BCUT2D eigenvalue weighted by Crippen LogP contribution is -2.25. The third-order valence-electron chi connectivity index (χ3n) is 7.85. The van der Waals surface area contributed by atoms with Crippen molar-refractivity contribution in [2.75, 3.05) is 0 Å². The number of carboxylic acid groups (broad SMARTS) is 1. The van der Waals surface area contributed by atoms with E-state index in [9.17, 15) is 14.7 Å². The van der Waals surface area contributed by atoms with Gasteiger partial charge in [0.05, 0.1) is 22.7 Å². The van der Waals surface area contributed by atoms with Gasteiger partial charge in [0.2, 0.25) is 0 Å². The molecule has 1 fully saturated rings. The second kappa shape index (κ2) is 10.3. The van der Waals surface area contributed by atoms with Crippen molar-refractivity contribution in [1.82, 2.24) is 14.2 Å². The Kier molecular flexibility index (Phi) is 6.57. The summed E-state index contributed by atoms with van der Waals surface area (Å²) in [6, 6.07) is 22.6. The van der Waals surface area contributed by atoms with Crippen LogP contribution in [0.2, 0.25) is 0 Å². The summed E-state index contributed by atoms with van der Waals surface area (Å²) in [4.78, 5) is 30.1. The van der Waals surface area contributed by atoms with Crippen LogP contribution in [0.15, 0.2) is 82.7 Å². The predicted molar refractivity (Wildman–Crippen MR) is 154 cm³/mol. The molecule has 0 aliphatic heterocycles. The zero-order valence-corrected chi connectivity index (χ0v) is 21.9. The molecule has 7 nitrogen and oxygen atoms in total. The van der Waals surface area contributed by atoms with Crippen molar-refractivity contribution in [3.05, 3.63) is 111 Å². The van der Waals surface area contributed by atoms with Crippen molar-refractivity contribution in [2.45, 2.75) is 51.5 Å². The summed E-state index contributed by atoms with van der Waals surface area (Å²) in [6.07, 6.45) is 7.28. The van der Waals surface area contributed by atoms with Crippen LogP contribution in [0.3, 0.4) is 0 Å². The lowest BCUT2D eigenvalue weighted by Gasteiger charge is -2.22. The molecular weight excluding hydrogens is 488 g/mol. The lowest BCUT2D eigenvalue weighted by molar-refractivity contribution is 0.0696. The summed E-state index contributed by atoms with van der Waals surface area (Å²) in [5.74, 6) is 0.000601. The van der Waals surface area contributed by atoms with Gasteiger partial charge >= 0.3 is 5.97 Å². The summed E-state index contributed by atoms with van der Waals surface area (Å²) < 4.78 is 3.68. The van der Waals surface area contributed by atoms with Crippen molar-refractivity contribution in [3.63, 3.8) is 0 Å². The Bertz CT molecular complexity index is 1790. The van der Waals surface area contributed by atoms with E-state index < -0.39 is 5.97 Å². The van der Waals surface area contributed by atoms with Crippen molar-refractivity contribution in [2.24, 2.45) is 5.10 Å². The van der Waals surface area contributed by atoms with Crippen LogP contribution < -0.4 is 5.56 Å². The van der Waals surface area contributed by atoms with Crippen LogP contribution in [-0.2, 0) is 6.54 Å². The van der Waals surface area contributed by atoms with Gasteiger partial charge in [-0.25, -0.2) is 9.78 Å². The number of benzene rings is 3. The highest BCUT2D eigenvalue weighted by atomic mass is 16.4. The topological polar surface area (TPSA) is 89.5 Å². The molecule has 5 aromatic rings. The number of carboxylic acids is 1. The summed E-state index contributed by atoms with van der Waals surface area (Å²) in [6.45, 7) is 2.55. The van der Waals surface area contributed by atoms with Gasteiger partial charge in [0.1, 0.15) is 5.82 Å². The van der Waals surface area contributed by atoms with Gasteiger partial charge in [-0.05, 0) is 55.7 Å². The Morgan fingerprint density at radius 1 is 1.00 bits per heavy atom. The smallest absolute Gasteiger partial charge is 0.335 e. The number of para-hydroxylation sites is 2. The number of hydrogen-bond donors (Lipinski definition) is 1. The molecule has 2 aromatic heterocycles. The minimum absolute atomic E-state index is 0.149. The van der Waals surface area contributed by atoms with E-state index in [-0.39, 0.29) is 17.0 Å². The van der Waals surface area contributed by atoms with Gasteiger partial charge < -0.3 is 9.67 Å². The van der Waals surface area contributed by atoms with Crippen molar-refractivity contribution >= 4 is 34.0 Å². The van der Waals surface area contributed by atoms with Gasteiger partial charge in [-0.1, -0.05) is 61.7 Å². The monoisotopic (exact) mass is 518 g/mol. The zero-order valence-electron chi connectivity index (χ0n) is 21.9. The summed E-state index contributed by atoms with van der Waals surface area (Å²) >= 11 is 0. The van der Waals surface area contributed by atoms with E-state index in [0.29, 0.717) is 17.4 Å². The molecule has 1 aliphatic carbocycles. The zero-order chi connectivity index (χ0) is 26.9. The average molecular weight is 519 g/mol. The third-order valence-corrected chi connectivity index (χ3v) is 7.85. The van der Waals surface area contributed by atoms with Gasteiger partial charge in [-0.2, -0.15) is 9.78 Å². The molecule has 0 bridgehead atoms. The van der Waals surface area contributed by atoms with Crippen molar-refractivity contribution in [3.8, 4) is 0 Å². The third kappa shape index (κ3) is 4.65. The van der Waals surface area contributed by atoms with E-state index in [1.54, 1.807) is 24.4 Å². The summed E-state index contributed by atoms with van der Waals surface area (Å²) in [7, 11) is 0. The molecule has 0 saturated heterocycles. The fourth-order valence-corrected chi connectivity index (χ4v) is 5.80. The highest BCUT2D eigenvalue weighted by molar-refractivity contribution is 6.01. The second-order valence-corrected chi connectivity index (χ2v) is 10.3. The molecule has 7 heteroatoms. The number of fused-ring (bicyclic) bond motifs is 2. The maximum absolute atomic E-state index is 13.7. The first-order valence-electron chi connectivity index (χ1n) is 13.5.